The Morgan fingerprint density at radius 3 is 2.27 bits per heavy atom. The molecule has 15 heavy (non-hydrogen) atoms. The minimum absolute atomic E-state index is 0.339. The van der Waals surface area contributed by atoms with E-state index in [4.69, 9.17) is 0 Å². The van der Waals surface area contributed by atoms with Gasteiger partial charge in [-0.3, -0.25) is 0 Å². The number of para-hydroxylation sites is 1. The SMILES string of the molecule is CNC1(C)CCN(c2ccccc2)CC1. The smallest absolute Gasteiger partial charge is 0.0366 e. The van der Waals surface area contributed by atoms with Gasteiger partial charge >= 0.3 is 0 Å². The summed E-state index contributed by atoms with van der Waals surface area (Å²) in [5, 5.41) is 3.43. The van der Waals surface area contributed by atoms with Crippen LogP contribution in [-0.2, 0) is 0 Å². The fourth-order valence-electron chi connectivity index (χ4n) is 2.15. The van der Waals surface area contributed by atoms with Gasteiger partial charge in [0.15, 0.2) is 0 Å². The number of rotatable bonds is 2. The van der Waals surface area contributed by atoms with Crippen molar-refractivity contribution in [1.29, 1.82) is 0 Å². The number of hydrogen-bond donors (Lipinski definition) is 1. The maximum atomic E-state index is 3.43. The Bertz CT molecular complexity index is 300. The molecule has 1 heterocycles. The first-order valence-corrected chi connectivity index (χ1v) is 5.72. The van der Waals surface area contributed by atoms with Gasteiger partial charge < -0.3 is 10.2 Å². The second-order valence-corrected chi connectivity index (χ2v) is 4.63. The van der Waals surface area contributed by atoms with Crippen molar-refractivity contribution in [3.8, 4) is 0 Å². The molecule has 82 valence electrons. The van der Waals surface area contributed by atoms with Gasteiger partial charge in [-0.25, -0.2) is 0 Å². The maximum Gasteiger partial charge on any atom is 0.0366 e. The highest BCUT2D eigenvalue weighted by molar-refractivity contribution is 5.46. The monoisotopic (exact) mass is 204 g/mol. The van der Waals surface area contributed by atoms with Crippen molar-refractivity contribution < 1.29 is 0 Å². The first-order chi connectivity index (χ1) is 7.23. The van der Waals surface area contributed by atoms with Gasteiger partial charge in [0.2, 0.25) is 0 Å². The lowest BCUT2D eigenvalue weighted by Gasteiger charge is -2.40. The highest BCUT2D eigenvalue weighted by atomic mass is 15.2. The Hall–Kier alpha value is -1.02. The Morgan fingerprint density at radius 2 is 1.73 bits per heavy atom. The minimum Gasteiger partial charge on any atom is -0.371 e. The van der Waals surface area contributed by atoms with E-state index in [1.807, 2.05) is 0 Å². The number of nitrogens with zero attached hydrogens (tertiary/aromatic N) is 1. The summed E-state index contributed by atoms with van der Waals surface area (Å²) in [5.74, 6) is 0. The van der Waals surface area contributed by atoms with E-state index in [9.17, 15) is 0 Å². The predicted octanol–water partition coefficient (Wildman–Crippen LogP) is 2.26. The third-order valence-corrected chi connectivity index (χ3v) is 3.59. The largest absolute Gasteiger partial charge is 0.371 e. The van der Waals surface area contributed by atoms with Crippen LogP contribution in [0.4, 0.5) is 5.69 Å². The van der Waals surface area contributed by atoms with Gasteiger partial charge in [0, 0.05) is 24.3 Å². The fraction of sp³-hybridized carbons (Fsp3) is 0.538. The van der Waals surface area contributed by atoms with Crippen LogP contribution >= 0.6 is 0 Å². The molecule has 2 rings (SSSR count). The third kappa shape index (κ3) is 2.32. The molecular formula is C13H20N2. The number of piperidine rings is 1. The summed E-state index contributed by atoms with van der Waals surface area (Å²) < 4.78 is 0. The Kier molecular flexibility index (Phi) is 2.96. The van der Waals surface area contributed by atoms with Crippen LogP contribution in [0.15, 0.2) is 30.3 Å². The zero-order chi connectivity index (χ0) is 10.7. The van der Waals surface area contributed by atoms with Gasteiger partial charge in [0.1, 0.15) is 0 Å². The van der Waals surface area contributed by atoms with Crippen molar-refractivity contribution in [3.63, 3.8) is 0 Å². The molecule has 0 bridgehead atoms. The topological polar surface area (TPSA) is 15.3 Å². The standard InChI is InChI=1S/C13H20N2/c1-13(14-2)8-10-15(11-9-13)12-6-4-3-5-7-12/h3-7,14H,8-11H2,1-2H3. The normalized spacial score (nSPS) is 20.3. The van der Waals surface area contributed by atoms with Crippen molar-refractivity contribution in [3.05, 3.63) is 30.3 Å². The molecular weight excluding hydrogens is 184 g/mol. The minimum atomic E-state index is 0.339. The molecule has 0 saturated carbocycles. The van der Waals surface area contributed by atoms with E-state index >= 15 is 0 Å². The highest BCUT2D eigenvalue weighted by Crippen LogP contribution is 2.25. The van der Waals surface area contributed by atoms with E-state index in [0.717, 1.165) is 13.1 Å². The summed E-state index contributed by atoms with van der Waals surface area (Å²) in [4.78, 5) is 2.47. The average molecular weight is 204 g/mol. The molecule has 1 aliphatic rings. The van der Waals surface area contributed by atoms with Crippen LogP contribution in [0.2, 0.25) is 0 Å². The summed E-state index contributed by atoms with van der Waals surface area (Å²) in [6, 6.07) is 10.7. The van der Waals surface area contributed by atoms with Crippen LogP contribution in [0.5, 0.6) is 0 Å². The van der Waals surface area contributed by atoms with Gasteiger partial charge in [0.05, 0.1) is 0 Å². The summed E-state index contributed by atoms with van der Waals surface area (Å²) in [7, 11) is 2.07. The molecule has 0 radical (unpaired) electrons. The molecule has 0 aromatic heterocycles. The quantitative estimate of drug-likeness (QED) is 0.795. The van der Waals surface area contributed by atoms with E-state index < -0.39 is 0 Å². The van der Waals surface area contributed by atoms with Crippen LogP contribution in [0.3, 0.4) is 0 Å². The van der Waals surface area contributed by atoms with Crippen molar-refractivity contribution in [2.75, 3.05) is 25.0 Å². The maximum absolute atomic E-state index is 3.43. The van der Waals surface area contributed by atoms with Gasteiger partial charge in [-0.2, -0.15) is 0 Å². The molecule has 1 aliphatic heterocycles. The van der Waals surface area contributed by atoms with Crippen LogP contribution in [0, 0.1) is 0 Å². The number of hydrogen-bond acceptors (Lipinski definition) is 2. The first kappa shape index (κ1) is 10.5. The summed E-state index contributed by atoms with van der Waals surface area (Å²) in [5.41, 5.74) is 1.70. The van der Waals surface area contributed by atoms with E-state index in [1.165, 1.54) is 18.5 Å². The summed E-state index contributed by atoms with van der Waals surface area (Å²) >= 11 is 0. The second kappa shape index (κ2) is 4.23. The third-order valence-electron chi connectivity index (χ3n) is 3.59. The first-order valence-electron chi connectivity index (χ1n) is 5.72. The van der Waals surface area contributed by atoms with Crippen LogP contribution in [-0.4, -0.2) is 25.7 Å². The van der Waals surface area contributed by atoms with E-state index in [1.54, 1.807) is 0 Å². The lowest BCUT2D eigenvalue weighted by Crippen LogP contribution is -2.50. The molecule has 0 amide bonds. The zero-order valence-corrected chi connectivity index (χ0v) is 9.66. The number of benzene rings is 1. The number of anilines is 1. The average Bonchev–Trinajstić information content (AvgIpc) is 2.31. The molecule has 1 saturated heterocycles. The van der Waals surface area contributed by atoms with Crippen LogP contribution in [0.1, 0.15) is 19.8 Å². The molecule has 1 fully saturated rings. The molecule has 1 N–H and O–H groups in total. The predicted molar refractivity (Wildman–Crippen MR) is 65.4 cm³/mol. The Balaban J connectivity index is 2.00. The van der Waals surface area contributed by atoms with Crippen molar-refractivity contribution in [2.45, 2.75) is 25.3 Å². The van der Waals surface area contributed by atoms with Gasteiger partial charge in [-0.15, -0.1) is 0 Å². The second-order valence-electron chi connectivity index (χ2n) is 4.63. The van der Waals surface area contributed by atoms with E-state index in [-0.39, 0.29) is 0 Å². The lowest BCUT2D eigenvalue weighted by atomic mass is 9.90. The van der Waals surface area contributed by atoms with Crippen molar-refractivity contribution in [1.82, 2.24) is 5.32 Å². The molecule has 1 aromatic rings. The molecule has 0 aliphatic carbocycles. The zero-order valence-electron chi connectivity index (χ0n) is 9.66. The van der Waals surface area contributed by atoms with Gasteiger partial charge in [-0.1, -0.05) is 18.2 Å². The number of nitrogens with one attached hydrogen (secondary N) is 1. The Labute approximate surface area is 92.3 Å². The Morgan fingerprint density at radius 1 is 1.13 bits per heavy atom. The van der Waals surface area contributed by atoms with Crippen molar-refractivity contribution >= 4 is 5.69 Å². The van der Waals surface area contributed by atoms with Gasteiger partial charge in [-0.05, 0) is 38.9 Å². The summed E-state index contributed by atoms with van der Waals surface area (Å²) in [6.45, 7) is 4.62. The molecule has 2 nitrogen and oxygen atoms in total. The summed E-state index contributed by atoms with van der Waals surface area (Å²) in [6.07, 6.45) is 2.44. The van der Waals surface area contributed by atoms with Crippen LogP contribution in [0.25, 0.3) is 0 Å². The van der Waals surface area contributed by atoms with E-state index in [0.29, 0.717) is 5.54 Å². The molecule has 0 unspecified atom stereocenters. The lowest BCUT2D eigenvalue weighted by molar-refractivity contribution is 0.305. The molecule has 2 heteroatoms. The van der Waals surface area contributed by atoms with E-state index in [2.05, 4.69) is 54.5 Å². The molecule has 0 atom stereocenters. The van der Waals surface area contributed by atoms with Crippen LogP contribution < -0.4 is 10.2 Å². The highest BCUT2D eigenvalue weighted by Gasteiger charge is 2.27. The van der Waals surface area contributed by atoms with Crippen molar-refractivity contribution in [2.24, 2.45) is 0 Å². The molecule has 0 spiro atoms. The fourth-order valence-corrected chi connectivity index (χ4v) is 2.15. The van der Waals surface area contributed by atoms with Gasteiger partial charge in [0.25, 0.3) is 0 Å². The molecule has 1 aromatic carbocycles.